The largest absolute Gasteiger partial charge is 0.447 e. The van der Waals surface area contributed by atoms with E-state index in [0.29, 0.717) is 24.7 Å². The van der Waals surface area contributed by atoms with Crippen molar-refractivity contribution in [3.8, 4) is 0 Å². The van der Waals surface area contributed by atoms with Gasteiger partial charge in [0.2, 0.25) is 0 Å². The molecule has 29 heavy (non-hydrogen) atoms. The van der Waals surface area contributed by atoms with Crippen LogP contribution in [0.4, 0.5) is 5.69 Å². The van der Waals surface area contributed by atoms with Gasteiger partial charge in [0.15, 0.2) is 12.1 Å². The summed E-state index contributed by atoms with van der Waals surface area (Å²) in [6, 6.07) is 8.64. The summed E-state index contributed by atoms with van der Waals surface area (Å²) in [6.07, 6.45) is 7.37. The zero-order valence-electron chi connectivity index (χ0n) is 18.0. The SMILES string of the molecule is CC(C)(C)c1ccccc1N1CCN(C(=O)c2ncoc2C2CCCCC2)CC1. The van der Waals surface area contributed by atoms with Crippen molar-refractivity contribution >= 4 is 11.6 Å². The molecule has 0 spiro atoms. The number of amides is 1. The van der Waals surface area contributed by atoms with Crippen molar-refractivity contribution in [3.05, 3.63) is 47.7 Å². The van der Waals surface area contributed by atoms with E-state index in [-0.39, 0.29) is 11.3 Å². The third-order valence-corrected chi connectivity index (χ3v) is 6.39. The van der Waals surface area contributed by atoms with Gasteiger partial charge in [0.25, 0.3) is 5.91 Å². The molecule has 2 aliphatic rings. The Morgan fingerprint density at radius 2 is 1.72 bits per heavy atom. The maximum atomic E-state index is 13.2. The molecule has 0 N–H and O–H groups in total. The number of rotatable bonds is 3. The van der Waals surface area contributed by atoms with Gasteiger partial charge in [0.1, 0.15) is 5.76 Å². The second-order valence-corrected chi connectivity index (χ2v) is 9.45. The number of carbonyl (C=O) groups is 1. The summed E-state index contributed by atoms with van der Waals surface area (Å²) in [5.41, 5.74) is 3.28. The van der Waals surface area contributed by atoms with Crippen LogP contribution >= 0.6 is 0 Å². The molecule has 0 radical (unpaired) electrons. The fourth-order valence-electron chi connectivity index (χ4n) is 4.75. The quantitative estimate of drug-likeness (QED) is 0.735. The number of hydrogen-bond acceptors (Lipinski definition) is 4. The van der Waals surface area contributed by atoms with E-state index < -0.39 is 0 Å². The minimum absolute atomic E-state index is 0.0306. The number of benzene rings is 1. The summed E-state index contributed by atoms with van der Waals surface area (Å²) < 4.78 is 5.69. The van der Waals surface area contributed by atoms with Gasteiger partial charge in [-0.15, -0.1) is 0 Å². The van der Waals surface area contributed by atoms with E-state index >= 15 is 0 Å². The second kappa shape index (κ2) is 8.21. The molecule has 5 heteroatoms. The molecule has 2 heterocycles. The van der Waals surface area contributed by atoms with E-state index in [4.69, 9.17) is 4.42 Å². The summed E-state index contributed by atoms with van der Waals surface area (Å²) in [4.78, 5) is 21.9. The molecular weight excluding hydrogens is 362 g/mol. The average molecular weight is 396 g/mol. The molecule has 5 nitrogen and oxygen atoms in total. The topological polar surface area (TPSA) is 49.6 Å². The van der Waals surface area contributed by atoms with Crippen LogP contribution in [0.25, 0.3) is 0 Å². The Bertz CT molecular complexity index is 838. The van der Waals surface area contributed by atoms with Gasteiger partial charge in [-0.25, -0.2) is 4.98 Å². The molecule has 1 aromatic heterocycles. The first-order chi connectivity index (χ1) is 13.9. The monoisotopic (exact) mass is 395 g/mol. The maximum absolute atomic E-state index is 13.2. The van der Waals surface area contributed by atoms with Gasteiger partial charge in [-0.1, -0.05) is 58.2 Å². The predicted molar refractivity (Wildman–Crippen MR) is 116 cm³/mol. The molecule has 1 saturated heterocycles. The third-order valence-electron chi connectivity index (χ3n) is 6.39. The lowest BCUT2D eigenvalue weighted by Crippen LogP contribution is -2.49. The molecule has 0 unspecified atom stereocenters. The number of aromatic nitrogens is 1. The summed E-state index contributed by atoms with van der Waals surface area (Å²) in [6.45, 7) is 9.88. The Hall–Kier alpha value is -2.30. The number of oxazole rings is 1. The van der Waals surface area contributed by atoms with Crippen LogP contribution in [0.15, 0.2) is 35.1 Å². The number of para-hydroxylation sites is 1. The molecule has 4 rings (SSSR count). The van der Waals surface area contributed by atoms with Gasteiger partial charge in [0, 0.05) is 37.8 Å². The molecule has 2 fully saturated rings. The molecule has 2 aromatic rings. The van der Waals surface area contributed by atoms with Gasteiger partial charge in [-0.2, -0.15) is 0 Å². The summed E-state index contributed by atoms with van der Waals surface area (Å²) in [5.74, 6) is 1.20. The molecule has 1 saturated carbocycles. The first-order valence-electron chi connectivity index (χ1n) is 11.0. The number of nitrogens with zero attached hydrogens (tertiary/aromatic N) is 3. The highest BCUT2D eigenvalue weighted by atomic mass is 16.3. The van der Waals surface area contributed by atoms with Crippen LogP contribution in [0.3, 0.4) is 0 Å². The minimum atomic E-state index is 0.0306. The van der Waals surface area contributed by atoms with Gasteiger partial charge >= 0.3 is 0 Å². The number of hydrogen-bond donors (Lipinski definition) is 0. The predicted octanol–water partition coefficient (Wildman–Crippen LogP) is 4.98. The van der Waals surface area contributed by atoms with Crippen molar-refractivity contribution in [2.24, 2.45) is 0 Å². The summed E-state index contributed by atoms with van der Waals surface area (Å²) in [7, 11) is 0. The standard InChI is InChI=1S/C24H33N3O2/c1-24(2,3)19-11-7-8-12-20(19)26-13-15-27(16-14-26)23(28)21-22(29-17-25-21)18-9-5-4-6-10-18/h7-8,11-12,17-18H,4-6,9-10,13-16H2,1-3H3. The smallest absolute Gasteiger partial charge is 0.276 e. The fourth-order valence-corrected chi connectivity index (χ4v) is 4.75. The average Bonchev–Trinajstić information content (AvgIpc) is 3.23. The number of carbonyl (C=O) groups excluding carboxylic acids is 1. The Balaban J connectivity index is 1.45. The molecule has 1 aliphatic carbocycles. The Morgan fingerprint density at radius 3 is 2.41 bits per heavy atom. The molecule has 156 valence electrons. The fraction of sp³-hybridized carbons (Fsp3) is 0.583. The summed E-state index contributed by atoms with van der Waals surface area (Å²) in [5, 5.41) is 0. The van der Waals surface area contributed by atoms with E-state index in [0.717, 1.165) is 31.7 Å². The van der Waals surface area contributed by atoms with Crippen LogP contribution < -0.4 is 4.90 Å². The van der Waals surface area contributed by atoms with E-state index in [1.807, 2.05) is 4.90 Å². The van der Waals surface area contributed by atoms with Crippen LogP contribution in [0.2, 0.25) is 0 Å². The van der Waals surface area contributed by atoms with E-state index in [2.05, 4.69) is 54.9 Å². The van der Waals surface area contributed by atoms with Crippen LogP contribution in [0.1, 0.15) is 80.6 Å². The number of piperazine rings is 1. The Labute approximate surface area is 174 Å². The van der Waals surface area contributed by atoms with Crippen molar-refractivity contribution < 1.29 is 9.21 Å². The van der Waals surface area contributed by atoms with E-state index in [1.54, 1.807) is 0 Å². The first kappa shape index (κ1) is 20.0. The minimum Gasteiger partial charge on any atom is -0.447 e. The van der Waals surface area contributed by atoms with Crippen molar-refractivity contribution in [1.29, 1.82) is 0 Å². The number of anilines is 1. The van der Waals surface area contributed by atoms with Crippen molar-refractivity contribution in [2.45, 2.75) is 64.2 Å². The first-order valence-corrected chi connectivity index (χ1v) is 11.0. The highest BCUT2D eigenvalue weighted by Crippen LogP contribution is 2.35. The van der Waals surface area contributed by atoms with Crippen molar-refractivity contribution in [3.63, 3.8) is 0 Å². The van der Waals surface area contributed by atoms with Crippen LogP contribution in [-0.2, 0) is 5.41 Å². The summed E-state index contributed by atoms with van der Waals surface area (Å²) >= 11 is 0. The van der Waals surface area contributed by atoms with Gasteiger partial charge in [-0.3, -0.25) is 4.79 Å². The highest BCUT2D eigenvalue weighted by Gasteiger charge is 2.31. The Kier molecular flexibility index (Phi) is 5.66. The highest BCUT2D eigenvalue weighted by molar-refractivity contribution is 5.93. The van der Waals surface area contributed by atoms with Crippen molar-refractivity contribution in [1.82, 2.24) is 9.88 Å². The Morgan fingerprint density at radius 1 is 1.03 bits per heavy atom. The van der Waals surface area contributed by atoms with Gasteiger partial charge < -0.3 is 14.2 Å². The van der Waals surface area contributed by atoms with Crippen LogP contribution in [0.5, 0.6) is 0 Å². The lowest BCUT2D eigenvalue weighted by molar-refractivity contribution is 0.0738. The van der Waals surface area contributed by atoms with Crippen LogP contribution in [-0.4, -0.2) is 42.0 Å². The second-order valence-electron chi connectivity index (χ2n) is 9.45. The lowest BCUT2D eigenvalue weighted by atomic mass is 9.85. The molecule has 1 aliphatic heterocycles. The van der Waals surface area contributed by atoms with E-state index in [1.165, 1.54) is 36.9 Å². The molecule has 0 bridgehead atoms. The van der Waals surface area contributed by atoms with Gasteiger partial charge in [0.05, 0.1) is 0 Å². The third kappa shape index (κ3) is 4.19. The van der Waals surface area contributed by atoms with E-state index in [9.17, 15) is 4.79 Å². The molecule has 0 atom stereocenters. The maximum Gasteiger partial charge on any atom is 0.276 e. The molecular formula is C24H33N3O2. The zero-order valence-corrected chi connectivity index (χ0v) is 18.0. The van der Waals surface area contributed by atoms with Crippen LogP contribution in [0, 0.1) is 0 Å². The molecule has 1 amide bonds. The van der Waals surface area contributed by atoms with Gasteiger partial charge in [-0.05, 0) is 29.9 Å². The lowest BCUT2D eigenvalue weighted by Gasteiger charge is -2.38. The normalized spacial score (nSPS) is 18.9. The van der Waals surface area contributed by atoms with Crippen molar-refractivity contribution in [2.75, 3.05) is 31.1 Å². The zero-order chi connectivity index (χ0) is 20.4. The molecule has 1 aromatic carbocycles.